The van der Waals surface area contributed by atoms with E-state index in [1.807, 2.05) is 6.92 Å². The lowest BCUT2D eigenvalue weighted by molar-refractivity contribution is -0.384. The van der Waals surface area contributed by atoms with Crippen molar-refractivity contribution in [3.05, 3.63) is 49.4 Å². The third-order valence-electron chi connectivity index (χ3n) is 2.26. The van der Waals surface area contributed by atoms with Gasteiger partial charge < -0.3 is 5.32 Å². The summed E-state index contributed by atoms with van der Waals surface area (Å²) in [5.41, 5.74) is 0.644. The highest BCUT2D eigenvalue weighted by molar-refractivity contribution is 7.11. The van der Waals surface area contributed by atoms with Crippen LogP contribution >= 0.6 is 22.9 Å². The number of aryl methyl sites for hydroxylation is 1. The lowest BCUT2D eigenvalue weighted by Crippen LogP contribution is -1.99. The van der Waals surface area contributed by atoms with E-state index in [-0.39, 0.29) is 5.69 Å². The summed E-state index contributed by atoms with van der Waals surface area (Å²) in [4.78, 5) is 15.4. The van der Waals surface area contributed by atoms with E-state index in [0.29, 0.717) is 17.3 Å². The fraction of sp³-hybridized carbons (Fsp3) is 0.182. The summed E-state index contributed by atoms with van der Waals surface area (Å²) in [6, 6.07) is 4.35. The van der Waals surface area contributed by atoms with Crippen molar-refractivity contribution >= 4 is 34.3 Å². The molecule has 0 fully saturated rings. The summed E-state index contributed by atoms with van der Waals surface area (Å²) in [6.07, 6.45) is 1.80. The molecule has 7 heteroatoms. The molecule has 0 amide bonds. The molecule has 18 heavy (non-hydrogen) atoms. The minimum atomic E-state index is -0.472. The fourth-order valence-electron chi connectivity index (χ4n) is 1.41. The van der Waals surface area contributed by atoms with Crippen molar-refractivity contribution in [1.29, 1.82) is 0 Å². The zero-order chi connectivity index (χ0) is 13.1. The van der Waals surface area contributed by atoms with Crippen molar-refractivity contribution in [2.24, 2.45) is 0 Å². The Morgan fingerprint density at radius 1 is 1.56 bits per heavy atom. The van der Waals surface area contributed by atoms with E-state index >= 15 is 0 Å². The molecular weight excluding hydrogens is 274 g/mol. The van der Waals surface area contributed by atoms with Crippen LogP contribution in [0.25, 0.3) is 0 Å². The molecule has 1 N–H and O–H groups in total. The number of thiazole rings is 1. The maximum absolute atomic E-state index is 10.6. The van der Waals surface area contributed by atoms with Crippen LogP contribution in [0.3, 0.4) is 0 Å². The molecule has 0 unspecified atom stereocenters. The van der Waals surface area contributed by atoms with Gasteiger partial charge in [-0.2, -0.15) is 0 Å². The van der Waals surface area contributed by atoms with E-state index in [0.717, 1.165) is 9.88 Å². The van der Waals surface area contributed by atoms with E-state index < -0.39 is 4.92 Å². The molecule has 0 aliphatic heterocycles. The van der Waals surface area contributed by atoms with Crippen molar-refractivity contribution in [2.75, 3.05) is 5.32 Å². The minimum Gasteiger partial charge on any atom is -0.377 e. The van der Waals surface area contributed by atoms with Crippen LogP contribution in [-0.2, 0) is 6.54 Å². The van der Waals surface area contributed by atoms with Gasteiger partial charge in [0.2, 0.25) is 0 Å². The maximum Gasteiger partial charge on any atom is 0.271 e. The van der Waals surface area contributed by atoms with Crippen molar-refractivity contribution in [3.8, 4) is 0 Å². The Bertz CT molecular complexity index is 585. The van der Waals surface area contributed by atoms with Gasteiger partial charge in [0.1, 0.15) is 5.01 Å². The molecule has 1 aromatic heterocycles. The van der Waals surface area contributed by atoms with E-state index in [1.54, 1.807) is 23.6 Å². The predicted molar refractivity (Wildman–Crippen MR) is 72.3 cm³/mol. The van der Waals surface area contributed by atoms with Crippen LogP contribution in [0.1, 0.15) is 9.88 Å². The highest BCUT2D eigenvalue weighted by Crippen LogP contribution is 2.27. The van der Waals surface area contributed by atoms with Crippen LogP contribution in [0.2, 0.25) is 5.02 Å². The average Bonchev–Trinajstić information content (AvgIpc) is 2.73. The number of nitro benzene ring substituents is 1. The molecule has 0 saturated heterocycles. The number of anilines is 1. The molecule has 0 spiro atoms. The number of hydrogen-bond acceptors (Lipinski definition) is 5. The van der Waals surface area contributed by atoms with Crippen molar-refractivity contribution in [1.82, 2.24) is 4.98 Å². The number of nitrogens with zero attached hydrogens (tertiary/aromatic N) is 2. The summed E-state index contributed by atoms with van der Waals surface area (Å²) in [6.45, 7) is 2.54. The smallest absolute Gasteiger partial charge is 0.271 e. The standard InChI is InChI=1S/C11H10ClN3O2S/c1-7-5-14-11(18-7)6-13-10-3-2-8(15(16)17)4-9(10)12/h2-5,13H,6H2,1H3. The lowest BCUT2D eigenvalue weighted by atomic mass is 10.3. The number of hydrogen-bond donors (Lipinski definition) is 1. The van der Waals surface area contributed by atoms with E-state index in [1.165, 1.54) is 12.1 Å². The van der Waals surface area contributed by atoms with Gasteiger partial charge in [-0.25, -0.2) is 4.98 Å². The van der Waals surface area contributed by atoms with Crippen LogP contribution in [0.5, 0.6) is 0 Å². The third kappa shape index (κ3) is 2.96. The maximum atomic E-state index is 10.6. The SMILES string of the molecule is Cc1cnc(CNc2ccc([N+](=O)[O-])cc2Cl)s1. The van der Waals surface area contributed by atoms with Gasteiger partial charge in [-0.15, -0.1) is 11.3 Å². The molecule has 0 bridgehead atoms. The fourth-order valence-corrected chi connectivity index (χ4v) is 2.38. The molecule has 0 saturated carbocycles. The van der Waals surface area contributed by atoms with Gasteiger partial charge in [0.15, 0.2) is 0 Å². The van der Waals surface area contributed by atoms with E-state index in [4.69, 9.17) is 11.6 Å². The quantitative estimate of drug-likeness (QED) is 0.687. The largest absolute Gasteiger partial charge is 0.377 e. The number of rotatable bonds is 4. The molecule has 1 heterocycles. The van der Waals surface area contributed by atoms with Crippen molar-refractivity contribution in [3.63, 3.8) is 0 Å². The van der Waals surface area contributed by atoms with E-state index in [9.17, 15) is 10.1 Å². The molecule has 2 rings (SSSR count). The normalized spacial score (nSPS) is 10.3. The van der Waals surface area contributed by atoms with Crippen LogP contribution < -0.4 is 5.32 Å². The molecule has 1 aromatic carbocycles. The first kappa shape index (κ1) is 12.8. The van der Waals surface area contributed by atoms with E-state index in [2.05, 4.69) is 10.3 Å². The summed E-state index contributed by atoms with van der Waals surface area (Å²) in [7, 11) is 0. The molecule has 5 nitrogen and oxygen atoms in total. The Kier molecular flexibility index (Phi) is 3.78. The Morgan fingerprint density at radius 2 is 2.33 bits per heavy atom. The first-order chi connectivity index (χ1) is 8.56. The minimum absolute atomic E-state index is 0.0179. The zero-order valence-corrected chi connectivity index (χ0v) is 11.1. The highest BCUT2D eigenvalue weighted by Gasteiger charge is 2.09. The van der Waals surface area contributed by atoms with Crippen LogP contribution in [0.4, 0.5) is 11.4 Å². The number of aromatic nitrogens is 1. The van der Waals surface area contributed by atoms with Gasteiger partial charge in [-0.3, -0.25) is 10.1 Å². The zero-order valence-electron chi connectivity index (χ0n) is 9.51. The molecule has 0 aliphatic carbocycles. The summed E-state index contributed by atoms with van der Waals surface area (Å²) < 4.78 is 0. The number of benzene rings is 1. The summed E-state index contributed by atoms with van der Waals surface area (Å²) in [5, 5.41) is 14.9. The summed E-state index contributed by atoms with van der Waals surface area (Å²) in [5.74, 6) is 0. The van der Waals surface area contributed by atoms with Crippen LogP contribution in [0.15, 0.2) is 24.4 Å². The van der Waals surface area contributed by atoms with Gasteiger partial charge in [-0.1, -0.05) is 11.6 Å². The van der Waals surface area contributed by atoms with Gasteiger partial charge >= 0.3 is 0 Å². The predicted octanol–water partition coefficient (Wildman–Crippen LogP) is 3.63. The Labute approximate surface area is 113 Å². The summed E-state index contributed by atoms with van der Waals surface area (Å²) >= 11 is 7.56. The molecule has 94 valence electrons. The lowest BCUT2D eigenvalue weighted by Gasteiger charge is -2.06. The monoisotopic (exact) mass is 283 g/mol. The number of halogens is 1. The second-order valence-electron chi connectivity index (χ2n) is 3.64. The molecule has 0 aliphatic rings. The second kappa shape index (κ2) is 5.32. The van der Waals surface area contributed by atoms with Crippen molar-refractivity contribution < 1.29 is 4.92 Å². The second-order valence-corrected chi connectivity index (χ2v) is 5.37. The third-order valence-corrected chi connectivity index (χ3v) is 3.49. The van der Waals surface area contributed by atoms with Crippen molar-refractivity contribution in [2.45, 2.75) is 13.5 Å². The molecular formula is C11H10ClN3O2S. The topological polar surface area (TPSA) is 68.1 Å². The van der Waals surface area contributed by atoms with Gasteiger partial charge in [0.05, 0.1) is 22.2 Å². The number of nitro groups is 1. The Balaban J connectivity index is 2.08. The number of non-ortho nitro benzene ring substituents is 1. The Morgan fingerprint density at radius 3 is 2.89 bits per heavy atom. The highest BCUT2D eigenvalue weighted by atomic mass is 35.5. The first-order valence-corrected chi connectivity index (χ1v) is 6.35. The van der Waals surface area contributed by atoms with Crippen LogP contribution in [-0.4, -0.2) is 9.91 Å². The molecule has 0 radical (unpaired) electrons. The van der Waals surface area contributed by atoms with Crippen LogP contribution in [0, 0.1) is 17.0 Å². The van der Waals surface area contributed by atoms with Gasteiger partial charge in [0, 0.05) is 23.2 Å². The molecule has 2 aromatic rings. The average molecular weight is 284 g/mol. The van der Waals surface area contributed by atoms with Gasteiger partial charge in [0.25, 0.3) is 5.69 Å². The molecule has 0 atom stereocenters. The Hall–Kier alpha value is -1.66. The first-order valence-electron chi connectivity index (χ1n) is 5.15. The van der Waals surface area contributed by atoms with Gasteiger partial charge in [-0.05, 0) is 13.0 Å². The number of nitrogens with one attached hydrogen (secondary N) is 1.